The van der Waals surface area contributed by atoms with Crippen molar-refractivity contribution in [3.8, 4) is 0 Å². The molecule has 2 aliphatic rings. The molecular weight excluding hydrogens is 238 g/mol. The Morgan fingerprint density at radius 1 is 1.32 bits per heavy atom. The van der Waals surface area contributed by atoms with Crippen molar-refractivity contribution < 1.29 is 5.11 Å². The molecule has 1 aliphatic heterocycles. The quantitative estimate of drug-likeness (QED) is 0.906. The summed E-state index contributed by atoms with van der Waals surface area (Å²) in [6.07, 6.45) is 9.61. The lowest BCUT2D eigenvalue weighted by atomic mass is 9.91. The molecule has 1 N–H and O–H groups in total. The van der Waals surface area contributed by atoms with E-state index in [1.54, 1.807) is 0 Å². The van der Waals surface area contributed by atoms with Gasteiger partial charge in [0.25, 0.3) is 0 Å². The van der Waals surface area contributed by atoms with Gasteiger partial charge in [0, 0.05) is 25.8 Å². The summed E-state index contributed by atoms with van der Waals surface area (Å²) in [7, 11) is 0. The Kier molecular flexibility index (Phi) is 3.63. The molecule has 1 aromatic heterocycles. The number of likely N-dealkylation sites (tertiary alicyclic amines) is 1. The van der Waals surface area contributed by atoms with Crippen molar-refractivity contribution >= 4 is 0 Å². The van der Waals surface area contributed by atoms with Gasteiger partial charge in [-0.2, -0.15) is 5.10 Å². The molecule has 1 saturated heterocycles. The lowest BCUT2D eigenvalue weighted by Crippen LogP contribution is -2.60. The largest absolute Gasteiger partial charge is 0.387 e. The Morgan fingerprint density at radius 2 is 2.05 bits per heavy atom. The van der Waals surface area contributed by atoms with Gasteiger partial charge in [0.2, 0.25) is 0 Å². The van der Waals surface area contributed by atoms with E-state index in [1.807, 2.05) is 0 Å². The Labute approximate surface area is 115 Å². The maximum Gasteiger partial charge on any atom is 0.0897 e. The third-order valence-corrected chi connectivity index (χ3v) is 4.69. The summed E-state index contributed by atoms with van der Waals surface area (Å²) in [6, 6.07) is 2.75. The zero-order chi connectivity index (χ0) is 13.3. The molecule has 3 rings (SSSR count). The minimum Gasteiger partial charge on any atom is -0.387 e. The Bertz CT molecular complexity index is 417. The van der Waals surface area contributed by atoms with E-state index in [-0.39, 0.29) is 0 Å². The average molecular weight is 263 g/mol. The van der Waals surface area contributed by atoms with Crippen LogP contribution in [0.1, 0.15) is 57.2 Å². The lowest BCUT2D eigenvalue weighted by Gasteiger charge is -2.45. The SMILES string of the molecule is CCC1(O)CN(Cc2ccn(C3CCCCC3)n2)C1. The molecule has 4 heteroatoms. The minimum absolute atomic E-state index is 0.439. The fourth-order valence-electron chi connectivity index (χ4n) is 3.36. The molecule has 1 aromatic rings. The highest BCUT2D eigenvalue weighted by atomic mass is 16.3. The van der Waals surface area contributed by atoms with Crippen LogP contribution in [0.4, 0.5) is 0 Å². The summed E-state index contributed by atoms with van der Waals surface area (Å²) in [4.78, 5) is 2.27. The first kappa shape index (κ1) is 13.1. The number of rotatable bonds is 4. The highest BCUT2D eigenvalue weighted by Gasteiger charge is 2.39. The second-order valence-electron chi connectivity index (χ2n) is 6.30. The van der Waals surface area contributed by atoms with Gasteiger partial charge in [-0.25, -0.2) is 0 Å². The van der Waals surface area contributed by atoms with Crippen LogP contribution >= 0.6 is 0 Å². The number of hydrogen-bond acceptors (Lipinski definition) is 3. The Hall–Kier alpha value is -0.870. The maximum atomic E-state index is 10.0. The van der Waals surface area contributed by atoms with E-state index in [0.29, 0.717) is 6.04 Å². The third kappa shape index (κ3) is 2.84. The number of hydrogen-bond donors (Lipinski definition) is 1. The van der Waals surface area contributed by atoms with Gasteiger partial charge in [0.15, 0.2) is 0 Å². The van der Waals surface area contributed by atoms with Crippen LogP contribution in [0.5, 0.6) is 0 Å². The summed E-state index contributed by atoms with van der Waals surface area (Å²) >= 11 is 0. The number of aromatic nitrogens is 2. The highest BCUT2D eigenvalue weighted by molar-refractivity contribution is 5.04. The summed E-state index contributed by atoms with van der Waals surface area (Å²) in [5.74, 6) is 0. The molecule has 0 spiro atoms. The molecule has 19 heavy (non-hydrogen) atoms. The molecule has 0 radical (unpaired) electrons. The van der Waals surface area contributed by atoms with E-state index in [0.717, 1.165) is 31.7 Å². The van der Waals surface area contributed by atoms with Gasteiger partial charge in [-0.15, -0.1) is 0 Å². The van der Waals surface area contributed by atoms with Crippen LogP contribution in [0.25, 0.3) is 0 Å². The smallest absolute Gasteiger partial charge is 0.0897 e. The van der Waals surface area contributed by atoms with E-state index in [1.165, 1.54) is 32.1 Å². The standard InChI is InChI=1S/C15H25N3O/c1-2-15(19)11-17(12-15)10-13-8-9-18(16-13)14-6-4-3-5-7-14/h8-9,14,19H,2-7,10-12H2,1H3. The van der Waals surface area contributed by atoms with Gasteiger partial charge >= 0.3 is 0 Å². The van der Waals surface area contributed by atoms with Gasteiger partial charge in [-0.1, -0.05) is 26.2 Å². The Morgan fingerprint density at radius 3 is 2.74 bits per heavy atom. The van der Waals surface area contributed by atoms with Crippen LogP contribution < -0.4 is 0 Å². The van der Waals surface area contributed by atoms with Crippen LogP contribution in [-0.2, 0) is 6.54 Å². The fourth-order valence-corrected chi connectivity index (χ4v) is 3.36. The molecule has 0 bridgehead atoms. The van der Waals surface area contributed by atoms with Crippen molar-refractivity contribution in [1.29, 1.82) is 0 Å². The van der Waals surface area contributed by atoms with Crippen molar-refractivity contribution in [1.82, 2.24) is 14.7 Å². The molecule has 1 saturated carbocycles. The zero-order valence-corrected chi connectivity index (χ0v) is 11.9. The molecule has 0 aromatic carbocycles. The fraction of sp³-hybridized carbons (Fsp3) is 0.800. The van der Waals surface area contributed by atoms with Crippen molar-refractivity contribution in [2.45, 2.75) is 63.6 Å². The summed E-state index contributed by atoms with van der Waals surface area (Å²) in [5, 5.41) is 14.7. The van der Waals surface area contributed by atoms with Crippen molar-refractivity contribution in [3.05, 3.63) is 18.0 Å². The first-order valence-electron chi connectivity index (χ1n) is 7.67. The molecule has 0 atom stereocenters. The second kappa shape index (κ2) is 5.25. The van der Waals surface area contributed by atoms with E-state index in [9.17, 15) is 5.11 Å². The molecule has 0 unspecified atom stereocenters. The van der Waals surface area contributed by atoms with Crippen LogP contribution in [0.15, 0.2) is 12.3 Å². The van der Waals surface area contributed by atoms with Crippen LogP contribution in [0.2, 0.25) is 0 Å². The zero-order valence-electron chi connectivity index (χ0n) is 11.9. The van der Waals surface area contributed by atoms with Gasteiger partial charge < -0.3 is 5.11 Å². The third-order valence-electron chi connectivity index (χ3n) is 4.69. The molecule has 106 valence electrons. The normalized spacial score (nSPS) is 24.3. The van der Waals surface area contributed by atoms with E-state index in [4.69, 9.17) is 5.10 Å². The second-order valence-corrected chi connectivity index (χ2v) is 6.30. The molecule has 0 amide bonds. The first-order valence-corrected chi connectivity index (χ1v) is 7.67. The summed E-state index contributed by atoms with van der Waals surface area (Å²) in [6.45, 7) is 4.51. The maximum absolute atomic E-state index is 10.0. The van der Waals surface area contributed by atoms with Gasteiger partial charge in [0.1, 0.15) is 0 Å². The molecule has 2 fully saturated rings. The van der Waals surface area contributed by atoms with Gasteiger partial charge in [-0.05, 0) is 25.3 Å². The first-order chi connectivity index (χ1) is 9.18. The van der Waals surface area contributed by atoms with Gasteiger partial charge in [0.05, 0.1) is 17.3 Å². The van der Waals surface area contributed by atoms with Crippen LogP contribution in [-0.4, -0.2) is 38.5 Å². The molecular formula is C15H25N3O. The van der Waals surface area contributed by atoms with Gasteiger partial charge in [-0.3, -0.25) is 9.58 Å². The minimum atomic E-state index is -0.439. The predicted octanol–water partition coefficient (Wildman–Crippen LogP) is 2.35. The molecule has 2 heterocycles. The monoisotopic (exact) mass is 263 g/mol. The van der Waals surface area contributed by atoms with Crippen LogP contribution in [0, 0.1) is 0 Å². The number of nitrogens with zero attached hydrogens (tertiary/aromatic N) is 3. The van der Waals surface area contributed by atoms with Crippen LogP contribution in [0.3, 0.4) is 0 Å². The van der Waals surface area contributed by atoms with Crippen molar-refractivity contribution in [2.75, 3.05) is 13.1 Å². The van der Waals surface area contributed by atoms with E-state index < -0.39 is 5.60 Å². The summed E-state index contributed by atoms with van der Waals surface area (Å²) < 4.78 is 2.17. The number of β-amino-alcohol motifs (C(OH)–C–C–N with tert-alkyl or cyclic N) is 1. The van der Waals surface area contributed by atoms with Crippen molar-refractivity contribution in [2.24, 2.45) is 0 Å². The van der Waals surface area contributed by atoms with E-state index in [2.05, 4.69) is 28.8 Å². The summed E-state index contributed by atoms with van der Waals surface area (Å²) in [5.41, 5.74) is 0.704. The highest BCUT2D eigenvalue weighted by Crippen LogP contribution is 2.28. The number of aliphatic hydroxyl groups is 1. The van der Waals surface area contributed by atoms with Crippen molar-refractivity contribution in [3.63, 3.8) is 0 Å². The average Bonchev–Trinajstić information content (AvgIpc) is 2.86. The molecule has 1 aliphatic carbocycles. The lowest BCUT2D eigenvalue weighted by molar-refractivity contribution is -0.103. The predicted molar refractivity (Wildman–Crippen MR) is 74.9 cm³/mol. The van der Waals surface area contributed by atoms with E-state index >= 15 is 0 Å². The molecule has 4 nitrogen and oxygen atoms in total. The Balaban J connectivity index is 1.54. The topological polar surface area (TPSA) is 41.3 Å².